The van der Waals surface area contributed by atoms with E-state index in [0.29, 0.717) is 0 Å². The van der Waals surface area contributed by atoms with Gasteiger partial charge in [-0.15, -0.1) is 0 Å². The number of hydrogen-bond acceptors (Lipinski definition) is 0. The summed E-state index contributed by atoms with van der Waals surface area (Å²) in [5.41, 5.74) is 27.0. The molecule has 0 heterocycles. The van der Waals surface area contributed by atoms with E-state index in [1.54, 1.807) is 0 Å². The second-order valence-corrected chi connectivity index (χ2v) is 0.179. The van der Waals surface area contributed by atoms with Crippen LogP contribution in [0.4, 0.5) is 0 Å². The summed E-state index contributed by atoms with van der Waals surface area (Å²) in [5.74, 6) is 0. The molecule has 7 heteroatoms. The Balaban J connectivity index is -0.0000000400. The van der Waals surface area contributed by atoms with Crippen LogP contribution in [0.3, 0.4) is 0 Å². The molecule has 0 aromatic carbocycles. The molecule has 0 N–H and O–H groups in total. The maximum absolute atomic E-state index is 6.75. The molecule has 0 aromatic heterocycles. The Morgan fingerprint density at radius 1 is 0.714 bits per heavy atom. The van der Waals surface area contributed by atoms with E-state index in [1.807, 2.05) is 0 Å². The first-order chi connectivity index (χ1) is 2.83. The van der Waals surface area contributed by atoms with Gasteiger partial charge in [-0.1, -0.05) is 0 Å². The van der Waals surface area contributed by atoms with Crippen LogP contribution in [0.1, 0.15) is 0 Å². The van der Waals surface area contributed by atoms with E-state index in [9.17, 15) is 0 Å². The quantitative estimate of drug-likeness (QED) is 0.272. The van der Waals surface area contributed by atoms with Gasteiger partial charge in [0.15, 0.2) is 0 Å². The first kappa shape index (κ1) is 16.0. The number of nitrogens with zero attached hydrogens (tertiary/aromatic N) is 6. The van der Waals surface area contributed by atoms with Crippen LogP contribution in [0.25, 0.3) is 31.9 Å². The molecule has 0 saturated carbocycles. The van der Waals surface area contributed by atoms with Gasteiger partial charge in [0.25, 0.3) is 0 Å². The Morgan fingerprint density at radius 3 is 0.714 bits per heavy atom. The Kier molecular flexibility index (Phi) is 110. The third kappa shape index (κ3) is 332. The summed E-state index contributed by atoms with van der Waals surface area (Å²) < 4.78 is 0. The predicted octanol–water partition coefficient (Wildman–Crippen LogP) is 0.816. The van der Waals surface area contributed by atoms with Crippen molar-refractivity contribution in [3.8, 4) is 0 Å². The SMILES string of the molecule is [N-]=[N+]=[N-].[N-]=[N+]=[N-].[PbH2]. The second-order valence-electron chi connectivity index (χ2n) is 0.179. The minimum atomic E-state index is 0. The molecule has 0 aromatic rings. The van der Waals surface area contributed by atoms with Crippen molar-refractivity contribution in [2.24, 2.45) is 0 Å². The van der Waals surface area contributed by atoms with Gasteiger partial charge in [0.1, 0.15) is 0 Å². The molecular formula is H2N6Pb-2. The first-order valence-corrected chi connectivity index (χ1v) is 0.800. The van der Waals surface area contributed by atoms with Crippen molar-refractivity contribution < 1.29 is 0 Å². The average Bonchev–Trinajstić information content (AvgIpc) is 1.39. The molecule has 0 spiro atoms. The molecule has 0 bridgehead atoms. The van der Waals surface area contributed by atoms with E-state index in [2.05, 4.69) is 0 Å². The minimum absolute atomic E-state index is 0. The van der Waals surface area contributed by atoms with Gasteiger partial charge in [0.2, 0.25) is 0 Å². The van der Waals surface area contributed by atoms with Gasteiger partial charge in [-0.2, -0.15) is 0 Å². The van der Waals surface area contributed by atoms with Crippen LogP contribution in [0, 0.1) is 0 Å². The predicted molar refractivity (Wildman–Crippen MR) is 28.7 cm³/mol. The molecule has 0 unspecified atom stereocenters. The zero-order chi connectivity index (χ0) is 5.41. The third-order valence-electron chi connectivity index (χ3n) is 0. The fourth-order valence-corrected chi connectivity index (χ4v) is 0. The molecule has 0 fully saturated rings. The number of hydrogen-bond donors (Lipinski definition) is 0. The maximum atomic E-state index is 6.75. The van der Waals surface area contributed by atoms with Gasteiger partial charge in [0, 0.05) is 0 Å². The average molecular weight is 293 g/mol. The Bertz CT molecular complexity index is 58.2. The van der Waals surface area contributed by atoms with Gasteiger partial charge in [-0.25, -0.2) is 0 Å². The molecule has 0 aliphatic rings. The van der Waals surface area contributed by atoms with Gasteiger partial charge in [-0.3, -0.25) is 9.82 Å². The van der Waals surface area contributed by atoms with Gasteiger partial charge in [-0.05, 0) is 0 Å². The van der Waals surface area contributed by atoms with Crippen LogP contribution in [0.2, 0.25) is 0 Å². The molecule has 0 saturated heterocycles. The molecular weight excluding hydrogens is 291 g/mol. The molecule has 6 nitrogen and oxygen atoms in total. The summed E-state index contributed by atoms with van der Waals surface area (Å²) in [5, 5.41) is 0. The standard InChI is InChI=1S/2N3.Pb.2H/c2*1-3-2;;;/q2*-1;;;. The van der Waals surface area contributed by atoms with Gasteiger partial charge in [0.05, 0.1) is 0 Å². The van der Waals surface area contributed by atoms with E-state index in [4.69, 9.17) is 22.1 Å². The first-order valence-electron chi connectivity index (χ1n) is 0.800. The van der Waals surface area contributed by atoms with Crippen molar-refractivity contribution >= 4 is 27.3 Å². The van der Waals surface area contributed by atoms with Crippen molar-refractivity contribution in [3.05, 3.63) is 31.9 Å². The van der Waals surface area contributed by atoms with Crippen LogP contribution >= 0.6 is 0 Å². The Hall–Kier alpha value is -0.458. The van der Waals surface area contributed by atoms with Crippen LogP contribution in [-0.4, -0.2) is 27.3 Å². The van der Waals surface area contributed by atoms with E-state index in [-0.39, 0.29) is 27.3 Å². The third-order valence-corrected chi connectivity index (χ3v) is 0. The van der Waals surface area contributed by atoms with Crippen LogP contribution in [0.15, 0.2) is 0 Å². The molecule has 0 atom stereocenters. The zero-order valence-corrected chi connectivity index (χ0v) is 8.89. The second kappa shape index (κ2) is 48.1. The van der Waals surface area contributed by atoms with E-state index < -0.39 is 0 Å². The van der Waals surface area contributed by atoms with Crippen molar-refractivity contribution in [2.75, 3.05) is 0 Å². The Labute approximate surface area is 59.5 Å². The summed E-state index contributed by atoms with van der Waals surface area (Å²) in [4.78, 5) is 3.00. The molecule has 0 rings (SSSR count). The van der Waals surface area contributed by atoms with E-state index in [0.717, 1.165) is 0 Å². The van der Waals surface area contributed by atoms with Crippen molar-refractivity contribution in [1.82, 2.24) is 0 Å². The fourth-order valence-electron chi connectivity index (χ4n) is 0. The topological polar surface area (TPSA) is 117 Å². The Morgan fingerprint density at radius 2 is 0.714 bits per heavy atom. The van der Waals surface area contributed by atoms with Crippen molar-refractivity contribution in [1.29, 1.82) is 0 Å². The van der Waals surface area contributed by atoms with Crippen molar-refractivity contribution in [2.45, 2.75) is 0 Å². The van der Waals surface area contributed by atoms with Crippen LogP contribution in [0.5, 0.6) is 0 Å². The normalized spacial score (nSPS) is 2.29. The summed E-state index contributed by atoms with van der Waals surface area (Å²) in [6.45, 7) is 0. The fraction of sp³-hybridized carbons (Fsp3) is 0. The van der Waals surface area contributed by atoms with Crippen LogP contribution < -0.4 is 0 Å². The molecule has 0 aliphatic heterocycles. The molecule has 0 aliphatic carbocycles. The molecule has 0 amide bonds. The monoisotopic (exact) mass is 294 g/mol. The molecule has 2 radical (unpaired) electrons. The summed E-state index contributed by atoms with van der Waals surface area (Å²) >= 11 is 0. The van der Waals surface area contributed by atoms with Gasteiger partial charge < -0.3 is 22.1 Å². The molecule has 7 heavy (non-hydrogen) atoms. The summed E-state index contributed by atoms with van der Waals surface area (Å²) in [6.07, 6.45) is 0. The van der Waals surface area contributed by atoms with Gasteiger partial charge >= 0.3 is 27.3 Å². The number of rotatable bonds is 0. The van der Waals surface area contributed by atoms with E-state index >= 15 is 0 Å². The molecule has 38 valence electrons. The summed E-state index contributed by atoms with van der Waals surface area (Å²) in [6, 6.07) is 0. The van der Waals surface area contributed by atoms with E-state index in [1.165, 1.54) is 9.82 Å². The van der Waals surface area contributed by atoms with Crippen LogP contribution in [-0.2, 0) is 0 Å². The summed E-state index contributed by atoms with van der Waals surface area (Å²) in [7, 11) is 0. The zero-order valence-electron chi connectivity index (χ0n) is 3.39. The van der Waals surface area contributed by atoms with Crippen molar-refractivity contribution in [3.63, 3.8) is 0 Å².